The van der Waals surface area contributed by atoms with Gasteiger partial charge in [0.05, 0.1) is 0 Å². The Kier molecular flexibility index (Phi) is 4.35. The van der Waals surface area contributed by atoms with Crippen LogP contribution in [0.25, 0.3) is 0 Å². The average Bonchev–Trinajstić information content (AvgIpc) is 2.10. The summed E-state index contributed by atoms with van der Waals surface area (Å²) in [5, 5.41) is 0. The quantitative estimate of drug-likeness (QED) is 0.907. The second kappa shape index (κ2) is 5.43. The van der Waals surface area contributed by atoms with Gasteiger partial charge in [0.15, 0.2) is 0 Å². The third-order valence-electron chi connectivity index (χ3n) is 3.02. The molecule has 0 radical (unpaired) electrons. The molecule has 1 aromatic rings. The van der Waals surface area contributed by atoms with Crippen molar-refractivity contribution < 1.29 is 14.3 Å². The molecular weight excluding hydrogens is 242 g/mol. The zero-order chi connectivity index (χ0) is 14.8. The highest BCUT2D eigenvalue weighted by atomic mass is 16.5. The van der Waals surface area contributed by atoms with E-state index in [0.717, 1.165) is 16.7 Å². The van der Waals surface area contributed by atoms with Crippen molar-refractivity contribution in [3.8, 4) is 5.75 Å². The number of hydrogen-bond donors (Lipinski definition) is 1. The van der Waals surface area contributed by atoms with E-state index in [4.69, 9.17) is 10.5 Å². The molecule has 19 heavy (non-hydrogen) atoms. The van der Waals surface area contributed by atoms with Crippen LogP contribution in [0.5, 0.6) is 5.75 Å². The molecule has 0 saturated carbocycles. The monoisotopic (exact) mass is 263 g/mol. The van der Waals surface area contributed by atoms with E-state index in [0.29, 0.717) is 12.2 Å². The van der Waals surface area contributed by atoms with Crippen LogP contribution in [0.2, 0.25) is 0 Å². The summed E-state index contributed by atoms with van der Waals surface area (Å²) in [6.07, 6.45) is -0.462. The number of amides is 1. The van der Waals surface area contributed by atoms with E-state index in [1.54, 1.807) is 13.0 Å². The van der Waals surface area contributed by atoms with Crippen LogP contribution in [0.4, 0.5) is 4.79 Å². The zero-order valence-corrected chi connectivity index (χ0v) is 12.2. The van der Waals surface area contributed by atoms with Gasteiger partial charge in [-0.2, -0.15) is 0 Å². The van der Waals surface area contributed by atoms with Crippen LogP contribution >= 0.6 is 0 Å². The Morgan fingerprint density at radius 1 is 1.26 bits per heavy atom. The van der Waals surface area contributed by atoms with Crippen LogP contribution in [0.15, 0.2) is 12.1 Å². The Hall–Kier alpha value is -1.84. The Morgan fingerprint density at radius 2 is 1.84 bits per heavy atom. The molecule has 0 heterocycles. The summed E-state index contributed by atoms with van der Waals surface area (Å²) in [6, 6.07) is 3.78. The van der Waals surface area contributed by atoms with Crippen LogP contribution in [0.3, 0.4) is 0 Å². The van der Waals surface area contributed by atoms with E-state index < -0.39 is 11.5 Å². The van der Waals surface area contributed by atoms with Crippen molar-refractivity contribution >= 4 is 11.9 Å². The van der Waals surface area contributed by atoms with Crippen LogP contribution in [-0.4, -0.2) is 11.9 Å². The molecule has 0 fully saturated rings. The molecule has 0 aliphatic carbocycles. The Bertz CT molecular complexity index is 518. The van der Waals surface area contributed by atoms with Crippen molar-refractivity contribution in [1.82, 2.24) is 0 Å². The van der Waals surface area contributed by atoms with Crippen LogP contribution in [0, 0.1) is 13.8 Å². The number of benzene rings is 1. The summed E-state index contributed by atoms with van der Waals surface area (Å²) in [5.74, 6) is 0.534. The Morgan fingerprint density at radius 3 is 2.32 bits per heavy atom. The molecule has 0 bridgehead atoms. The minimum atomic E-state index is -0.843. The molecule has 4 heteroatoms. The van der Waals surface area contributed by atoms with Crippen molar-refractivity contribution in [3.05, 3.63) is 28.8 Å². The second-order valence-electron chi connectivity index (χ2n) is 5.64. The molecule has 4 nitrogen and oxygen atoms in total. The highest BCUT2D eigenvalue weighted by molar-refractivity contribution is 5.78. The molecule has 0 aromatic heterocycles. The van der Waals surface area contributed by atoms with E-state index in [1.807, 2.05) is 33.8 Å². The van der Waals surface area contributed by atoms with Gasteiger partial charge >= 0.3 is 6.09 Å². The van der Waals surface area contributed by atoms with Gasteiger partial charge in [0.25, 0.3) is 0 Å². The first-order valence-corrected chi connectivity index (χ1v) is 6.22. The van der Waals surface area contributed by atoms with Crippen molar-refractivity contribution in [1.29, 1.82) is 0 Å². The summed E-state index contributed by atoms with van der Waals surface area (Å²) in [4.78, 5) is 22.4. The summed E-state index contributed by atoms with van der Waals surface area (Å²) in [6.45, 7) is 9.33. The van der Waals surface area contributed by atoms with E-state index in [-0.39, 0.29) is 5.78 Å². The lowest BCUT2D eigenvalue weighted by Gasteiger charge is -2.28. The second-order valence-corrected chi connectivity index (χ2v) is 5.64. The van der Waals surface area contributed by atoms with Gasteiger partial charge in [-0.1, -0.05) is 19.9 Å². The smallest absolute Gasteiger partial charge is 0.409 e. The number of carbonyl (C=O) groups is 2. The molecule has 0 aliphatic rings. The number of aryl methyl sites for hydroxylation is 2. The lowest BCUT2D eigenvalue weighted by molar-refractivity contribution is -0.118. The fraction of sp³-hybridized carbons (Fsp3) is 0.467. The van der Waals surface area contributed by atoms with Gasteiger partial charge in [-0.3, -0.25) is 4.79 Å². The SMILES string of the molecule is CC(=O)CC(C)(C)c1c(C)cc(C)cc1OC(N)=O. The van der Waals surface area contributed by atoms with E-state index >= 15 is 0 Å². The summed E-state index contributed by atoms with van der Waals surface area (Å²) < 4.78 is 5.10. The van der Waals surface area contributed by atoms with Gasteiger partial charge in [-0.15, -0.1) is 0 Å². The largest absolute Gasteiger partial charge is 0.410 e. The summed E-state index contributed by atoms with van der Waals surface area (Å²) in [5.41, 5.74) is 7.53. The van der Waals surface area contributed by atoms with Crippen LogP contribution < -0.4 is 10.5 Å². The highest BCUT2D eigenvalue weighted by Crippen LogP contribution is 2.37. The highest BCUT2D eigenvalue weighted by Gasteiger charge is 2.28. The Balaban J connectivity index is 3.39. The predicted octanol–water partition coefficient (Wildman–Crippen LogP) is 3.02. The molecule has 1 aromatic carbocycles. The molecule has 1 rings (SSSR count). The number of Topliss-reactive ketones (excluding diaryl/α,β-unsaturated/α-hetero) is 1. The lowest BCUT2D eigenvalue weighted by Crippen LogP contribution is -2.25. The first-order valence-electron chi connectivity index (χ1n) is 6.22. The molecule has 1 amide bonds. The first kappa shape index (κ1) is 15.2. The number of ketones is 1. The molecule has 0 atom stereocenters. The Labute approximate surface area is 113 Å². The van der Waals surface area contributed by atoms with Crippen molar-refractivity contribution in [3.63, 3.8) is 0 Å². The van der Waals surface area contributed by atoms with Crippen molar-refractivity contribution in [2.24, 2.45) is 5.73 Å². The maximum atomic E-state index is 11.4. The fourth-order valence-corrected chi connectivity index (χ4v) is 2.70. The third kappa shape index (κ3) is 3.81. The van der Waals surface area contributed by atoms with Gasteiger partial charge in [0.2, 0.25) is 0 Å². The number of ether oxygens (including phenoxy) is 1. The summed E-state index contributed by atoms with van der Waals surface area (Å²) in [7, 11) is 0. The maximum Gasteiger partial charge on any atom is 0.409 e. The first-order chi connectivity index (χ1) is 8.63. The minimum Gasteiger partial charge on any atom is -0.410 e. The fourth-order valence-electron chi connectivity index (χ4n) is 2.70. The number of primary amides is 1. The number of rotatable bonds is 4. The predicted molar refractivity (Wildman–Crippen MR) is 74.5 cm³/mol. The van der Waals surface area contributed by atoms with Crippen LogP contribution in [-0.2, 0) is 10.2 Å². The van der Waals surface area contributed by atoms with Crippen LogP contribution in [0.1, 0.15) is 43.9 Å². The molecule has 0 spiro atoms. The van der Waals surface area contributed by atoms with Crippen molar-refractivity contribution in [2.45, 2.75) is 46.5 Å². The number of hydrogen-bond acceptors (Lipinski definition) is 3. The molecule has 104 valence electrons. The third-order valence-corrected chi connectivity index (χ3v) is 3.02. The maximum absolute atomic E-state index is 11.4. The minimum absolute atomic E-state index is 0.0926. The van der Waals surface area contributed by atoms with E-state index in [2.05, 4.69) is 0 Å². The standard InChI is InChI=1S/C15H21NO3/c1-9-6-10(2)13(12(7-9)19-14(16)18)15(4,5)8-11(3)17/h6-7H,8H2,1-5H3,(H2,16,18). The molecule has 2 N–H and O–H groups in total. The number of nitrogens with two attached hydrogens (primary N) is 1. The van der Waals surface area contributed by atoms with Gasteiger partial charge in [-0.05, 0) is 38.0 Å². The topological polar surface area (TPSA) is 69.4 Å². The summed E-state index contributed by atoms with van der Waals surface area (Å²) >= 11 is 0. The number of carbonyl (C=O) groups excluding carboxylic acids is 2. The normalized spacial score (nSPS) is 11.2. The van der Waals surface area contributed by atoms with E-state index in [1.165, 1.54) is 0 Å². The van der Waals surface area contributed by atoms with Gasteiger partial charge in [-0.25, -0.2) is 4.79 Å². The van der Waals surface area contributed by atoms with Crippen molar-refractivity contribution in [2.75, 3.05) is 0 Å². The van der Waals surface area contributed by atoms with Gasteiger partial charge in [0.1, 0.15) is 11.5 Å². The molecule has 0 aliphatic heterocycles. The lowest BCUT2D eigenvalue weighted by atomic mass is 9.77. The molecule has 0 saturated heterocycles. The average molecular weight is 263 g/mol. The van der Waals surface area contributed by atoms with E-state index in [9.17, 15) is 9.59 Å². The van der Waals surface area contributed by atoms with Gasteiger partial charge < -0.3 is 10.5 Å². The zero-order valence-electron chi connectivity index (χ0n) is 12.2. The molecule has 0 unspecified atom stereocenters. The molecular formula is C15H21NO3. The van der Waals surface area contributed by atoms with Gasteiger partial charge in [0, 0.05) is 17.4 Å².